The Bertz CT molecular complexity index is 669. The van der Waals surface area contributed by atoms with E-state index >= 15 is 0 Å². The van der Waals surface area contributed by atoms with Crippen molar-refractivity contribution in [1.29, 1.82) is 0 Å². The number of carbonyl (C=O) groups is 2. The number of carboxylic acid groups (broad SMARTS) is 1. The van der Waals surface area contributed by atoms with E-state index in [4.69, 9.17) is 5.11 Å². The van der Waals surface area contributed by atoms with Crippen LogP contribution in [-0.2, 0) is 10.5 Å². The molecule has 0 aliphatic carbocycles. The van der Waals surface area contributed by atoms with Gasteiger partial charge >= 0.3 is 5.97 Å². The van der Waals surface area contributed by atoms with Crippen LogP contribution in [0.4, 0.5) is 0 Å². The van der Waals surface area contributed by atoms with Crippen molar-refractivity contribution in [2.75, 3.05) is 0 Å². The van der Waals surface area contributed by atoms with Gasteiger partial charge in [-0.2, -0.15) is 0 Å². The van der Waals surface area contributed by atoms with E-state index in [1.807, 2.05) is 30.3 Å². The van der Waals surface area contributed by atoms with Crippen LogP contribution >= 0.6 is 11.8 Å². The molecule has 112 valence electrons. The smallest absolute Gasteiger partial charge is 0.352 e. The highest BCUT2D eigenvalue weighted by atomic mass is 32.2. The maximum absolute atomic E-state index is 12.0. The fraction of sp³-hybridized carbons (Fsp3) is 0.0588. The minimum absolute atomic E-state index is 0.130. The topological polar surface area (TPSA) is 66.4 Å². The molecule has 0 spiro atoms. The second-order valence-corrected chi connectivity index (χ2v) is 5.31. The molecule has 0 unspecified atom stereocenters. The number of carbonyl (C=O) groups excluding carboxylic acids is 1. The van der Waals surface area contributed by atoms with Crippen LogP contribution in [0.5, 0.6) is 0 Å². The number of benzene rings is 2. The van der Waals surface area contributed by atoms with Gasteiger partial charge in [-0.1, -0.05) is 48.5 Å². The standard InChI is InChI=1S/C17H15NO3S/c19-16(14-9-5-2-6-10-14)18-15(17(20)21)12-22-11-13-7-3-1-4-8-13/h1-10,12H,11H2,(H,18,19)(H,20,21). The van der Waals surface area contributed by atoms with Crippen molar-refractivity contribution in [3.05, 3.63) is 82.9 Å². The third-order valence-electron chi connectivity index (χ3n) is 2.81. The van der Waals surface area contributed by atoms with Crippen molar-refractivity contribution in [3.63, 3.8) is 0 Å². The first kappa shape index (κ1) is 15.9. The fourth-order valence-corrected chi connectivity index (χ4v) is 2.51. The maximum atomic E-state index is 12.0. The van der Waals surface area contributed by atoms with Gasteiger partial charge in [-0.15, -0.1) is 11.8 Å². The SMILES string of the molecule is O=C(O)C(=CSCc1ccccc1)NC(=O)c1ccccc1. The molecule has 1 amide bonds. The summed E-state index contributed by atoms with van der Waals surface area (Å²) in [5.74, 6) is -0.960. The van der Waals surface area contributed by atoms with Gasteiger partial charge in [-0.3, -0.25) is 4.79 Å². The molecule has 2 aromatic rings. The molecule has 0 aliphatic heterocycles. The zero-order valence-corrected chi connectivity index (χ0v) is 12.5. The molecule has 0 aromatic heterocycles. The molecular weight excluding hydrogens is 298 g/mol. The van der Waals surface area contributed by atoms with Gasteiger partial charge in [-0.05, 0) is 17.7 Å². The number of nitrogens with one attached hydrogen (secondary N) is 1. The van der Waals surface area contributed by atoms with Gasteiger partial charge in [0.2, 0.25) is 0 Å². The van der Waals surface area contributed by atoms with Crippen molar-refractivity contribution in [1.82, 2.24) is 5.32 Å². The number of rotatable bonds is 6. The molecule has 0 bridgehead atoms. The molecule has 4 nitrogen and oxygen atoms in total. The van der Waals surface area contributed by atoms with Crippen LogP contribution < -0.4 is 5.32 Å². The second-order valence-electron chi connectivity index (χ2n) is 4.45. The van der Waals surface area contributed by atoms with Crippen molar-refractivity contribution < 1.29 is 14.7 Å². The van der Waals surface area contributed by atoms with Crippen LogP contribution in [0.3, 0.4) is 0 Å². The summed E-state index contributed by atoms with van der Waals surface area (Å²) in [4.78, 5) is 23.2. The monoisotopic (exact) mass is 313 g/mol. The maximum Gasteiger partial charge on any atom is 0.352 e. The molecule has 22 heavy (non-hydrogen) atoms. The molecule has 0 radical (unpaired) electrons. The first-order valence-corrected chi connectivity index (χ1v) is 7.67. The van der Waals surface area contributed by atoms with Crippen LogP contribution in [0.15, 0.2) is 71.8 Å². The van der Waals surface area contributed by atoms with Gasteiger partial charge in [0.15, 0.2) is 0 Å². The first-order valence-electron chi connectivity index (χ1n) is 6.62. The van der Waals surface area contributed by atoms with E-state index in [9.17, 15) is 9.59 Å². The van der Waals surface area contributed by atoms with Crippen LogP contribution in [0, 0.1) is 0 Å². The third-order valence-corrected chi connectivity index (χ3v) is 3.71. The lowest BCUT2D eigenvalue weighted by atomic mass is 10.2. The van der Waals surface area contributed by atoms with E-state index in [0.29, 0.717) is 11.3 Å². The zero-order chi connectivity index (χ0) is 15.8. The Morgan fingerprint density at radius 2 is 1.59 bits per heavy atom. The molecule has 0 heterocycles. The van der Waals surface area contributed by atoms with E-state index in [1.165, 1.54) is 17.2 Å². The lowest BCUT2D eigenvalue weighted by Gasteiger charge is -2.06. The van der Waals surface area contributed by atoms with Crippen LogP contribution in [-0.4, -0.2) is 17.0 Å². The van der Waals surface area contributed by atoms with E-state index in [1.54, 1.807) is 30.3 Å². The van der Waals surface area contributed by atoms with Gasteiger partial charge in [-0.25, -0.2) is 4.79 Å². The fourth-order valence-electron chi connectivity index (χ4n) is 1.71. The largest absolute Gasteiger partial charge is 0.477 e. The lowest BCUT2D eigenvalue weighted by Crippen LogP contribution is -2.27. The van der Waals surface area contributed by atoms with Crippen molar-refractivity contribution in [2.45, 2.75) is 5.75 Å². The Kier molecular flexibility index (Phi) is 5.80. The summed E-state index contributed by atoms with van der Waals surface area (Å²) < 4.78 is 0. The van der Waals surface area contributed by atoms with Gasteiger partial charge in [0, 0.05) is 16.7 Å². The molecule has 2 rings (SSSR count). The van der Waals surface area contributed by atoms with Gasteiger partial charge in [0.1, 0.15) is 5.70 Å². The molecule has 2 N–H and O–H groups in total. The van der Waals surface area contributed by atoms with Crippen molar-refractivity contribution in [3.8, 4) is 0 Å². The number of amides is 1. The van der Waals surface area contributed by atoms with Gasteiger partial charge in [0.25, 0.3) is 5.91 Å². The highest BCUT2D eigenvalue weighted by Crippen LogP contribution is 2.14. The first-order chi connectivity index (χ1) is 10.7. The van der Waals surface area contributed by atoms with Crippen molar-refractivity contribution >= 4 is 23.6 Å². The van der Waals surface area contributed by atoms with E-state index in [-0.39, 0.29) is 5.70 Å². The summed E-state index contributed by atoms with van der Waals surface area (Å²) >= 11 is 1.32. The van der Waals surface area contributed by atoms with E-state index in [0.717, 1.165) is 5.56 Å². The Morgan fingerprint density at radius 1 is 1.00 bits per heavy atom. The van der Waals surface area contributed by atoms with Crippen LogP contribution in [0.2, 0.25) is 0 Å². The summed E-state index contributed by atoms with van der Waals surface area (Å²) in [6, 6.07) is 18.2. The second kappa shape index (κ2) is 8.05. The quantitative estimate of drug-likeness (QED) is 0.803. The predicted octanol–water partition coefficient (Wildman–Crippen LogP) is 3.28. The van der Waals surface area contributed by atoms with Crippen LogP contribution in [0.1, 0.15) is 15.9 Å². The molecule has 0 atom stereocenters. The Balaban J connectivity index is 1.99. The molecule has 0 saturated carbocycles. The molecule has 0 fully saturated rings. The van der Waals surface area contributed by atoms with Gasteiger partial charge < -0.3 is 10.4 Å². The average Bonchev–Trinajstić information content (AvgIpc) is 2.55. The molecule has 5 heteroatoms. The average molecular weight is 313 g/mol. The summed E-state index contributed by atoms with van der Waals surface area (Å²) in [7, 11) is 0. The number of hydrogen-bond donors (Lipinski definition) is 2. The summed E-state index contributed by atoms with van der Waals surface area (Å²) in [6.07, 6.45) is 0. The predicted molar refractivity (Wildman–Crippen MR) is 87.4 cm³/mol. The van der Waals surface area contributed by atoms with Crippen LogP contribution in [0.25, 0.3) is 0 Å². The third kappa shape index (κ3) is 4.79. The number of thioether (sulfide) groups is 1. The normalized spacial score (nSPS) is 11.0. The molecule has 0 saturated heterocycles. The summed E-state index contributed by atoms with van der Waals surface area (Å²) in [5, 5.41) is 13.0. The minimum Gasteiger partial charge on any atom is -0.477 e. The number of hydrogen-bond acceptors (Lipinski definition) is 3. The molecule has 2 aromatic carbocycles. The highest BCUT2D eigenvalue weighted by Gasteiger charge is 2.12. The minimum atomic E-state index is -1.16. The van der Waals surface area contributed by atoms with E-state index < -0.39 is 11.9 Å². The zero-order valence-electron chi connectivity index (χ0n) is 11.7. The highest BCUT2D eigenvalue weighted by molar-refractivity contribution is 8.01. The number of carboxylic acids is 1. The molecular formula is C17H15NO3S. The Labute approximate surface area is 132 Å². The Morgan fingerprint density at radius 3 is 2.18 bits per heavy atom. The Hall–Kier alpha value is -2.53. The summed E-state index contributed by atoms with van der Waals surface area (Å²) in [5.41, 5.74) is 1.38. The number of aliphatic carboxylic acids is 1. The van der Waals surface area contributed by atoms with Crippen molar-refractivity contribution in [2.24, 2.45) is 0 Å². The van der Waals surface area contributed by atoms with E-state index in [2.05, 4.69) is 5.32 Å². The van der Waals surface area contributed by atoms with Gasteiger partial charge in [0.05, 0.1) is 0 Å². The lowest BCUT2D eigenvalue weighted by molar-refractivity contribution is -0.133. The molecule has 0 aliphatic rings. The summed E-state index contributed by atoms with van der Waals surface area (Å²) in [6.45, 7) is 0.